The van der Waals surface area contributed by atoms with Crippen LogP contribution in [-0.2, 0) is 11.3 Å². The highest BCUT2D eigenvalue weighted by atomic mass is 35.5. The van der Waals surface area contributed by atoms with Crippen molar-refractivity contribution in [3.63, 3.8) is 0 Å². The zero-order valence-corrected chi connectivity index (χ0v) is 17.2. The van der Waals surface area contributed by atoms with Crippen LogP contribution in [0.25, 0.3) is 0 Å². The van der Waals surface area contributed by atoms with Gasteiger partial charge in [-0.25, -0.2) is 0 Å². The number of methoxy groups -OCH3 is 1. The molecule has 0 bridgehead atoms. The number of hydrogen-bond donors (Lipinski definition) is 2. The topological polar surface area (TPSA) is 59.6 Å². The maximum Gasteiger partial charge on any atom is 0.226 e. The second kappa shape index (κ2) is 9.51. The summed E-state index contributed by atoms with van der Waals surface area (Å²) in [6, 6.07) is 11.2. The molecular weight excluding hydrogens is 364 g/mol. The monoisotopic (exact) mass is 390 g/mol. The van der Waals surface area contributed by atoms with E-state index in [-0.39, 0.29) is 17.9 Å². The minimum Gasteiger partial charge on any atom is -0.493 e. The summed E-state index contributed by atoms with van der Waals surface area (Å²) in [7, 11) is 1.61. The Balaban J connectivity index is 2.04. The predicted octanol–water partition coefficient (Wildman–Crippen LogP) is 5.34. The number of carbonyl (C=O) groups excluding carboxylic acids is 1. The maximum absolute atomic E-state index is 11.7. The van der Waals surface area contributed by atoms with Crippen molar-refractivity contribution in [3.8, 4) is 11.5 Å². The average molecular weight is 391 g/mol. The number of anilines is 2. The lowest BCUT2D eigenvalue weighted by Gasteiger charge is -2.16. The van der Waals surface area contributed by atoms with Gasteiger partial charge in [0.1, 0.15) is 0 Å². The molecule has 0 fully saturated rings. The summed E-state index contributed by atoms with van der Waals surface area (Å²) in [6.07, 6.45) is 0.0358. The zero-order chi connectivity index (χ0) is 20.0. The van der Waals surface area contributed by atoms with Crippen LogP contribution in [0.1, 0.15) is 33.3 Å². The molecule has 2 aromatic rings. The summed E-state index contributed by atoms with van der Waals surface area (Å²) in [5.41, 5.74) is 2.60. The molecule has 0 aliphatic heterocycles. The van der Waals surface area contributed by atoms with Crippen LogP contribution in [0.15, 0.2) is 36.4 Å². The number of amides is 1. The lowest BCUT2D eigenvalue weighted by Crippen LogP contribution is -2.17. The average Bonchev–Trinajstić information content (AvgIpc) is 2.61. The standard InChI is InChI=1S/C21H27ClN2O3/c1-13(2)21(25)24-17-8-6-16(7-9-17)23-12-15-10-19(26-5)20(11-18(15)22)27-14(3)4/h6-11,13-14,23H,12H2,1-5H3,(H,24,25). The SMILES string of the molecule is COc1cc(CNc2ccc(NC(=O)C(C)C)cc2)c(Cl)cc1OC(C)C. The fraction of sp³-hybridized carbons (Fsp3) is 0.381. The Labute approximate surface area is 166 Å². The van der Waals surface area contributed by atoms with E-state index in [4.69, 9.17) is 21.1 Å². The van der Waals surface area contributed by atoms with Gasteiger partial charge >= 0.3 is 0 Å². The summed E-state index contributed by atoms with van der Waals surface area (Å²) in [6.45, 7) is 8.17. The highest BCUT2D eigenvalue weighted by Crippen LogP contribution is 2.34. The van der Waals surface area contributed by atoms with E-state index in [1.165, 1.54) is 0 Å². The Morgan fingerprint density at radius 1 is 1.04 bits per heavy atom. The maximum atomic E-state index is 11.7. The molecule has 2 N–H and O–H groups in total. The van der Waals surface area contributed by atoms with E-state index < -0.39 is 0 Å². The van der Waals surface area contributed by atoms with E-state index >= 15 is 0 Å². The van der Waals surface area contributed by atoms with Crippen molar-refractivity contribution in [2.45, 2.75) is 40.3 Å². The normalized spacial score (nSPS) is 10.8. The second-order valence-electron chi connectivity index (χ2n) is 6.84. The minimum atomic E-state index is -0.0532. The van der Waals surface area contributed by atoms with E-state index in [2.05, 4.69) is 10.6 Å². The van der Waals surface area contributed by atoms with Crippen LogP contribution in [0.3, 0.4) is 0 Å². The van der Waals surface area contributed by atoms with Gasteiger partial charge in [0.25, 0.3) is 0 Å². The molecule has 146 valence electrons. The number of benzene rings is 2. The van der Waals surface area contributed by atoms with Crippen LogP contribution in [-0.4, -0.2) is 19.1 Å². The fourth-order valence-electron chi connectivity index (χ4n) is 2.37. The number of hydrogen-bond acceptors (Lipinski definition) is 4. The largest absolute Gasteiger partial charge is 0.493 e. The Kier molecular flexibility index (Phi) is 7.36. The van der Waals surface area contributed by atoms with Crippen LogP contribution in [0, 0.1) is 5.92 Å². The van der Waals surface area contributed by atoms with Gasteiger partial charge in [-0.2, -0.15) is 0 Å². The van der Waals surface area contributed by atoms with Crippen LogP contribution in [0.4, 0.5) is 11.4 Å². The predicted molar refractivity (Wildman–Crippen MR) is 111 cm³/mol. The van der Waals surface area contributed by atoms with Crippen molar-refractivity contribution < 1.29 is 14.3 Å². The number of nitrogens with one attached hydrogen (secondary N) is 2. The molecule has 0 unspecified atom stereocenters. The van der Waals surface area contributed by atoms with Crippen molar-refractivity contribution >= 4 is 28.9 Å². The van der Waals surface area contributed by atoms with Gasteiger partial charge in [-0.1, -0.05) is 25.4 Å². The molecular formula is C21H27ClN2O3. The highest BCUT2D eigenvalue weighted by molar-refractivity contribution is 6.31. The van der Waals surface area contributed by atoms with Gasteiger partial charge in [-0.15, -0.1) is 0 Å². The van der Waals surface area contributed by atoms with Crippen molar-refractivity contribution in [3.05, 3.63) is 47.0 Å². The van der Waals surface area contributed by atoms with Crippen LogP contribution >= 0.6 is 11.6 Å². The molecule has 1 amide bonds. The Bertz CT molecular complexity index is 774. The molecule has 2 aromatic carbocycles. The van der Waals surface area contributed by atoms with Gasteiger partial charge in [0.15, 0.2) is 11.5 Å². The molecule has 5 nitrogen and oxygen atoms in total. The molecule has 0 saturated heterocycles. The lowest BCUT2D eigenvalue weighted by atomic mass is 10.1. The molecule has 0 aliphatic rings. The van der Waals surface area contributed by atoms with Gasteiger partial charge < -0.3 is 20.1 Å². The van der Waals surface area contributed by atoms with E-state index in [9.17, 15) is 4.79 Å². The second-order valence-corrected chi connectivity index (χ2v) is 7.24. The van der Waals surface area contributed by atoms with Gasteiger partial charge in [0, 0.05) is 34.9 Å². The summed E-state index contributed by atoms with van der Waals surface area (Å²) in [4.78, 5) is 11.7. The van der Waals surface area contributed by atoms with Crippen LogP contribution in [0.2, 0.25) is 5.02 Å². The first-order chi connectivity index (χ1) is 12.8. The van der Waals surface area contributed by atoms with Crippen LogP contribution in [0.5, 0.6) is 11.5 Å². The summed E-state index contributed by atoms with van der Waals surface area (Å²) in [5.74, 6) is 1.23. The Morgan fingerprint density at radius 2 is 1.67 bits per heavy atom. The third kappa shape index (κ3) is 6.07. The third-order valence-corrected chi connectivity index (χ3v) is 4.21. The van der Waals surface area contributed by atoms with Crippen molar-refractivity contribution in [1.82, 2.24) is 0 Å². The molecule has 27 heavy (non-hydrogen) atoms. The molecule has 0 atom stereocenters. The van der Waals surface area contributed by atoms with Crippen molar-refractivity contribution in [2.24, 2.45) is 5.92 Å². The smallest absolute Gasteiger partial charge is 0.226 e. The lowest BCUT2D eigenvalue weighted by molar-refractivity contribution is -0.118. The zero-order valence-electron chi connectivity index (χ0n) is 16.4. The molecule has 0 radical (unpaired) electrons. The van der Waals surface area contributed by atoms with Gasteiger partial charge in [-0.05, 0) is 49.7 Å². The molecule has 2 rings (SSSR count). The first-order valence-electron chi connectivity index (χ1n) is 8.98. The van der Waals surface area contributed by atoms with Crippen molar-refractivity contribution in [1.29, 1.82) is 0 Å². The summed E-state index contributed by atoms with van der Waals surface area (Å²) < 4.78 is 11.1. The van der Waals surface area contributed by atoms with Crippen LogP contribution < -0.4 is 20.1 Å². The van der Waals surface area contributed by atoms with E-state index in [1.807, 2.05) is 58.0 Å². The quantitative estimate of drug-likeness (QED) is 0.638. The number of carbonyl (C=O) groups is 1. The third-order valence-electron chi connectivity index (χ3n) is 3.86. The minimum absolute atomic E-state index is 0.00158. The Morgan fingerprint density at radius 3 is 2.22 bits per heavy atom. The molecule has 0 saturated carbocycles. The fourth-order valence-corrected chi connectivity index (χ4v) is 2.59. The first kappa shape index (κ1) is 20.9. The summed E-state index contributed by atoms with van der Waals surface area (Å²) in [5, 5.41) is 6.80. The van der Waals surface area contributed by atoms with Gasteiger partial charge in [0.05, 0.1) is 13.2 Å². The molecule has 6 heteroatoms. The van der Waals surface area contributed by atoms with E-state index in [0.29, 0.717) is 23.1 Å². The molecule has 0 heterocycles. The molecule has 0 aromatic heterocycles. The van der Waals surface area contributed by atoms with Crippen molar-refractivity contribution in [2.75, 3.05) is 17.7 Å². The van der Waals surface area contributed by atoms with Gasteiger partial charge in [-0.3, -0.25) is 4.79 Å². The van der Waals surface area contributed by atoms with E-state index in [0.717, 1.165) is 16.9 Å². The first-order valence-corrected chi connectivity index (χ1v) is 9.35. The summed E-state index contributed by atoms with van der Waals surface area (Å²) >= 11 is 6.40. The number of rotatable bonds is 8. The van der Waals surface area contributed by atoms with E-state index in [1.54, 1.807) is 13.2 Å². The molecule has 0 aliphatic carbocycles. The Hall–Kier alpha value is -2.40. The highest BCUT2D eigenvalue weighted by Gasteiger charge is 2.12. The van der Waals surface area contributed by atoms with Gasteiger partial charge in [0.2, 0.25) is 5.91 Å². The number of ether oxygens (including phenoxy) is 2. The number of halogens is 1. The molecule has 0 spiro atoms.